The van der Waals surface area contributed by atoms with E-state index in [1.165, 1.54) is 36.2 Å². The van der Waals surface area contributed by atoms with Gasteiger partial charge in [-0.1, -0.05) is 17.7 Å². The van der Waals surface area contributed by atoms with Crippen LogP contribution in [-0.2, 0) is 4.74 Å². The van der Waals surface area contributed by atoms with E-state index in [9.17, 15) is 9.18 Å². The summed E-state index contributed by atoms with van der Waals surface area (Å²) in [5.41, 5.74) is 5.68. The van der Waals surface area contributed by atoms with Crippen molar-refractivity contribution in [2.75, 3.05) is 12.8 Å². The smallest absolute Gasteiger partial charge is 0.360 e. The molecule has 1 aromatic heterocycles. The number of carbonyl (C=O) groups is 1. The van der Waals surface area contributed by atoms with Gasteiger partial charge in [0.15, 0.2) is 5.69 Å². The molecular formula is C11H9ClFN3O2. The van der Waals surface area contributed by atoms with E-state index in [0.717, 1.165) is 0 Å². The van der Waals surface area contributed by atoms with Crippen molar-refractivity contribution in [1.29, 1.82) is 0 Å². The molecule has 7 heteroatoms. The van der Waals surface area contributed by atoms with Gasteiger partial charge in [0, 0.05) is 0 Å². The fourth-order valence-corrected chi connectivity index (χ4v) is 1.76. The zero-order valence-corrected chi connectivity index (χ0v) is 10.1. The molecule has 0 atom stereocenters. The van der Waals surface area contributed by atoms with Crippen molar-refractivity contribution < 1.29 is 13.9 Å². The number of ether oxygens (including phenoxy) is 1. The number of imidazole rings is 1. The van der Waals surface area contributed by atoms with Crippen molar-refractivity contribution in [1.82, 2.24) is 9.55 Å². The van der Waals surface area contributed by atoms with Gasteiger partial charge in [-0.3, -0.25) is 4.57 Å². The molecule has 5 nitrogen and oxygen atoms in total. The van der Waals surface area contributed by atoms with Crippen LogP contribution in [0.15, 0.2) is 24.5 Å². The van der Waals surface area contributed by atoms with Crippen LogP contribution in [0.5, 0.6) is 0 Å². The number of aromatic nitrogens is 2. The highest BCUT2D eigenvalue weighted by Crippen LogP contribution is 2.26. The Bertz CT molecular complexity index is 592. The highest BCUT2D eigenvalue weighted by atomic mass is 35.5. The number of rotatable bonds is 2. The molecule has 0 saturated carbocycles. The molecule has 2 aromatic rings. The van der Waals surface area contributed by atoms with Crippen LogP contribution >= 0.6 is 11.6 Å². The monoisotopic (exact) mass is 269 g/mol. The molecule has 0 spiro atoms. The number of hydrogen-bond donors (Lipinski definition) is 1. The molecule has 94 valence electrons. The standard InChI is InChI=1S/C11H9ClFN3O2/c1-18-11(17)8-10(14)16(5-15-8)9-6(12)3-2-4-7(9)13/h2-5H,14H2,1H3. The Balaban J connectivity index is 2.60. The fourth-order valence-electron chi connectivity index (χ4n) is 1.51. The van der Waals surface area contributed by atoms with Crippen LogP contribution in [0.1, 0.15) is 10.5 Å². The molecule has 0 saturated heterocycles. The molecule has 1 aromatic carbocycles. The molecule has 0 amide bonds. The highest BCUT2D eigenvalue weighted by molar-refractivity contribution is 6.32. The van der Waals surface area contributed by atoms with E-state index < -0.39 is 11.8 Å². The van der Waals surface area contributed by atoms with Gasteiger partial charge in [-0.15, -0.1) is 0 Å². The number of nitrogens with two attached hydrogens (primary N) is 1. The van der Waals surface area contributed by atoms with Crippen LogP contribution in [0.2, 0.25) is 5.02 Å². The number of nitrogen functional groups attached to an aromatic ring is 1. The summed E-state index contributed by atoms with van der Waals surface area (Å²) < 4.78 is 19.4. The van der Waals surface area contributed by atoms with Gasteiger partial charge in [0.1, 0.15) is 23.6 Å². The molecule has 0 aliphatic heterocycles. The second kappa shape index (κ2) is 4.66. The predicted octanol–water partition coefficient (Wildman–Crippen LogP) is 2.03. The van der Waals surface area contributed by atoms with Crippen LogP contribution in [0.25, 0.3) is 5.69 Å². The molecule has 18 heavy (non-hydrogen) atoms. The van der Waals surface area contributed by atoms with E-state index in [1.54, 1.807) is 0 Å². The van der Waals surface area contributed by atoms with Gasteiger partial charge in [0.25, 0.3) is 0 Å². The van der Waals surface area contributed by atoms with Gasteiger partial charge in [-0.05, 0) is 12.1 Å². The third-order valence-electron chi connectivity index (χ3n) is 2.36. The number of carbonyl (C=O) groups excluding carboxylic acids is 1. The number of hydrogen-bond acceptors (Lipinski definition) is 4. The average molecular weight is 270 g/mol. The van der Waals surface area contributed by atoms with E-state index in [0.29, 0.717) is 0 Å². The van der Waals surface area contributed by atoms with Gasteiger partial charge in [-0.2, -0.15) is 0 Å². The van der Waals surface area contributed by atoms with E-state index in [2.05, 4.69) is 9.72 Å². The number of nitrogens with zero attached hydrogens (tertiary/aromatic N) is 2. The Morgan fingerprint density at radius 3 is 2.89 bits per heavy atom. The number of para-hydroxylation sites is 1. The van der Waals surface area contributed by atoms with Crippen molar-refractivity contribution in [3.05, 3.63) is 41.1 Å². The average Bonchev–Trinajstić information content (AvgIpc) is 2.71. The fraction of sp³-hybridized carbons (Fsp3) is 0.0909. The van der Waals surface area contributed by atoms with E-state index in [1.807, 2.05) is 0 Å². The minimum atomic E-state index is -0.696. The van der Waals surface area contributed by atoms with Crippen LogP contribution in [0.4, 0.5) is 10.2 Å². The maximum absolute atomic E-state index is 13.7. The molecule has 0 unspecified atom stereocenters. The summed E-state index contributed by atoms with van der Waals surface area (Å²) >= 11 is 5.90. The third kappa shape index (κ3) is 1.91. The molecule has 0 fully saturated rings. The van der Waals surface area contributed by atoms with Crippen molar-refractivity contribution in [3.63, 3.8) is 0 Å². The van der Waals surface area contributed by atoms with E-state index in [4.69, 9.17) is 17.3 Å². The summed E-state index contributed by atoms with van der Waals surface area (Å²) in [6, 6.07) is 4.21. The molecular weight excluding hydrogens is 261 g/mol. The maximum atomic E-state index is 13.7. The minimum absolute atomic E-state index is 0.0335. The first-order valence-corrected chi connectivity index (χ1v) is 5.29. The summed E-state index contributed by atoms with van der Waals surface area (Å²) in [6.07, 6.45) is 1.21. The number of anilines is 1. The summed E-state index contributed by atoms with van der Waals surface area (Å²) in [5, 5.41) is 0.163. The Labute approximate surface area is 107 Å². The number of benzene rings is 1. The van der Waals surface area contributed by atoms with Crippen LogP contribution in [0, 0.1) is 5.82 Å². The lowest BCUT2D eigenvalue weighted by atomic mass is 10.3. The lowest BCUT2D eigenvalue weighted by molar-refractivity contribution is 0.0596. The largest absolute Gasteiger partial charge is 0.464 e. The summed E-state index contributed by atoms with van der Waals surface area (Å²) in [5.74, 6) is -1.30. The van der Waals surface area contributed by atoms with Crippen molar-refractivity contribution in [2.45, 2.75) is 0 Å². The van der Waals surface area contributed by atoms with E-state index in [-0.39, 0.29) is 22.2 Å². The molecule has 0 aliphatic carbocycles. The first-order chi connectivity index (χ1) is 8.56. The molecule has 2 N–H and O–H groups in total. The number of methoxy groups -OCH3 is 1. The van der Waals surface area contributed by atoms with Crippen molar-refractivity contribution >= 4 is 23.4 Å². The summed E-state index contributed by atoms with van der Waals surface area (Å²) in [7, 11) is 1.21. The quantitative estimate of drug-likeness (QED) is 0.847. The Kier molecular flexibility index (Phi) is 3.20. The SMILES string of the molecule is COC(=O)c1ncn(-c2c(F)cccc2Cl)c1N. The van der Waals surface area contributed by atoms with Gasteiger partial charge in [0.2, 0.25) is 0 Å². The second-order valence-corrected chi connectivity index (χ2v) is 3.82. The van der Waals surface area contributed by atoms with Gasteiger partial charge < -0.3 is 10.5 Å². The molecule has 0 bridgehead atoms. The second-order valence-electron chi connectivity index (χ2n) is 3.41. The van der Waals surface area contributed by atoms with Gasteiger partial charge in [0.05, 0.1) is 12.1 Å². The lowest BCUT2D eigenvalue weighted by Gasteiger charge is -2.08. The Hall–Kier alpha value is -2.08. The van der Waals surface area contributed by atoms with Crippen LogP contribution < -0.4 is 5.73 Å². The first-order valence-electron chi connectivity index (χ1n) is 4.91. The molecule has 2 rings (SSSR count). The zero-order valence-electron chi connectivity index (χ0n) is 9.35. The molecule has 0 aliphatic rings. The lowest BCUT2D eigenvalue weighted by Crippen LogP contribution is -2.08. The predicted molar refractivity (Wildman–Crippen MR) is 64.3 cm³/mol. The molecule has 1 heterocycles. The topological polar surface area (TPSA) is 70.1 Å². The maximum Gasteiger partial charge on any atom is 0.360 e. The zero-order chi connectivity index (χ0) is 13.3. The van der Waals surface area contributed by atoms with E-state index >= 15 is 0 Å². The number of esters is 1. The van der Waals surface area contributed by atoms with Gasteiger partial charge in [-0.25, -0.2) is 14.2 Å². The highest BCUT2D eigenvalue weighted by Gasteiger charge is 2.19. The summed E-state index contributed by atoms with van der Waals surface area (Å²) in [6.45, 7) is 0. The van der Waals surface area contributed by atoms with Crippen molar-refractivity contribution in [2.24, 2.45) is 0 Å². The molecule has 0 radical (unpaired) electrons. The third-order valence-corrected chi connectivity index (χ3v) is 2.67. The number of halogens is 2. The van der Waals surface area contributed by atoms with Gasteiger partial charge >= 0.3 is 5.97 Å². The van der Waals surface area contributed by atoms with Crippen LogP contribution in [-0.4, -0.2) is 22.6 Å². The van der Waals surface area contributed by atoms with Crippen LogP contribution in [0.3, 0.4) is 0 Å². The minimum Gasteiger partial charge on any atom is -0.464 e. The Morgan fingerprint density at radius 1 is 1.56 bits per heavy atom. The van der Waals surface area contributed by atoms with Crippen molar-refractivity contribution in [3.8, 4) is 5.69 Å². The summed E-state index contributed by atoms with van der Waals surface area (Å²) in [4.78, 5) is 15.1. The normalized spacial score (nSPS) is 10.4. The first kappa shape index (κ1) is 12.4. The Morgan fingerprint density at radius 2 is 2.28 bits per heavy atom.